The van der Waals surface area contributed by atoms with E-state index in [2.05, 4.69) is 46.4 Å². The van der Waals surface area contributed by atoms with Gasteiger partial charge in [-0.05, 0) is 58.6 Å². The van der Waals surface area contributed by atoms with E-state index in [4.69, 9.17) is 0 Å². The predicted octanol–water partition coefficient (Wildman–Crippen LogP) is 5.55. The van der Waals surface area contributed by atoms with Crippen molar-refractivity contribution in [1.82, 2.24) is 0 Å². The minimum atomic E-state index is -0.109. The van der Waals surface area contributed by atoms with Gasteiger partial charge in [-0.15, -0.1) is 11.8 Å². The first-order valence-corrected chi connectivity index (χ1v) is 8.37. The molecule has 1 unspecified atom stereocenters. The van der Waals surface area contributed by atoms with Crippen molar-refractivity contribution in [3.8, 4) is 0 Å². The molecule has 1 heterocycles. The predicted molar refractivity (Wildman–Crippen MR) is 87.0 cm³/mol. The van der Waals surface area contributed by atoms with Gasteiger partial charge in [-0.3, -0.25) is 0 Å². The Bertz CT molecular complexity index is 644. The Morgan fingerprint density at radius 3 is 2.95 bits per heavy atom. The summed E-state index contributed by atoms with van der Waals surface area (Å²) in [4.78, 5) is 0.791. The van der Waals surface area contributed by atoms with Crippen molar-refractivity contribution < 1.29 is 4.39 Å². The summed E-state index contributed by atoms with van der Waals surface area (Å²) in [6.45, 7) is 2.07. The van der Waals surface area contributed by atoms with Crippen molar-refractivity contribution in [2.24, 2.45) is 0 Å². The molecule has 4 heteroatoms. The van der Waals surface area contributed by atoms with Crippen LogP contribution in [0.4, 0.5) is 10.1 Å². The Balaban J connectivity index is 1.91. The lowest BCUT2D eigenvalue weighted by Crippen LogP contribution is -2.17. The second-order valence-corrected chi connectivity index (χ2v) is 6.94. The SMILES string of the molecule is Cc1ccc(NC2CCSc3c(F)cccc32)c(Br)c1. The summed E-state index contributed by atoms with van der Waals surface area (Å²) in [5, 5.41) is 3.53. The average Bonchev–Trinajstić information content (AvgIpc) is 2.43. The van der Waals surface area contributed by atoms with Crippen molar-refractivity contribution in [3.05, 3.63) is 57.8 Å². The first kappa shape index (κ1) is 14.0. The molecule has 0 saturated heterocycles. The van der Waals surface area contributed by atoms with Crippen LogP contribution in [-0.4, -0.2) is 5.75 Å². The quantitative estimate of drug-likeness (QED) is 0.761. The first-order chi connectivity index (χ1) is 9.65. The number of aryl methyl sites for hydroxylation is 1. The molecule has 0 fully saturated rings. The molecule has 0 aliphatic carbocycles. The van der Waals surface area contributed by atoms with Crippen LogP contribution in [0.5, 0.6) is 0 Å². The molecule has 3 rings (SSSR count). The van der Waals surface area contributed by atoms with Gasteiger partial charge < -0.3 is 5.32 Å². The zero-order valence-corrected chi connectivity index (χ0v) is 13.5. The molecule has 1 atom stereocenters. The minimum Gasteiger partial charge on any atom is -0.377 e. The lowest BCUT2D eigenvalue weighted by atomic mass is 10.0. The molecule has 1 nitrogen and oxygen atoms in total. The van der Waals surface area contributed by atoms with E-state index >= 15 is 0 Å². The number of rotatable bonds is 2. The van der Waals surface area contributed by atoms with Crippen LogP contribution in [0.1, 0.15) is 23.6 Å². The van der Waals surface area contributed by atoms with Crippen LogP contribution in [0.3, 0.4) is 0 Å². The van der Waals surface area contributed by atoms with Crippen molar-refractivity contribution in [2.45, 2.75) is 24.3 Å². The van der Waals surface area contributed by atoms with E-state index in [1.54, 1.807) is 17.8 Å². The van der Waals surface area contributed by atoms with Gasteiger partial charge in [-0.25, -0.2) is 4.39 Å². The van der Waals surface area contributed by atoms with E-state index in [0.717, 1.165) is 32.8 Å². The van der Waals surface area contributed by atoms with Crippen LogP contribution in [0.2, 0.25) is 0 Å². The third-order valence-electron chi connectivity index (χ3n) is 3.48. The van der Waals surface area contributed by atoms with Crippen LogP contribution < -0.4 is 5.32 Å². The molecule has 2 aromatic carbocycles. The fourth-order valence-electron chi connectivity index (χ4n) is 2.46. The topological polar surface area (TPSA) is 12.0 Å². The number of fused-ring (bicyclic) bond motifs is 1. The molecule has 0 saturated carbocycles. The third-order valence-corrected chi connectivity index (χ3v) is 5.30. The van der Waals surface area contributed by atoms with Crippen LogP contribution in [-0.2, 0) is 0 Å². The molecule has 1 aliphatic rings. The molecule has 0 spiro atoms. The highest BCUT2D eigenvalue weighted by atomic mass is 79.9. The highest BCUT2D eigenvalue weighted by Crippen LogP contribution is 2.40. The molecule has 0 amide bonds. The number of anilines is 1. The number of hydrogen-bond acceptors (Lipinski definition) is 2. The molecular weight excluding hydrogens is 337 g/mol. The van der Waals surface area contributed by atoms with Crippen molar-refractivity contribution in [2.75, 3.05) is 11.1 Å². The summed E-state index contributed by atoms with van der Waals surface area (Å²) in [5.41, 5.74) is 3.34. The molecule has 1 N–H and O–H groups in total. The van der Waals surface area contributed by atoms with Gasteiger partial charge in [0.15, 0.2) is 0 Å². The summed E-state index contributed by atoms with van der Waals surface area (Å²) < 4.78 is 14.9. The summed E-state index contributed by atoms with van der Waals surface area (Å²) in [6, 6.07) is 11.8. The molecule has 0 bridgehead atoms. The fraction of sp³-hybridized carbons (Fsp3) is 0.250. The number of thioether (sulfide) groups is 1. The summed E-state index contributed by atoms with van der Waals surface area (Å²) in [5.74, 6) is 0.830. The zero-order chi connectivity index (χ0) is 14.1. The maximum Gasteiger partial charge on any atom is 0.137 e. The van der Waals surface area contributed by atoms with E-state index in [1.807, 2.05) is 6.07 Å². The fourth-order valence-corrected chi connectivity index (χ4v) is 4.21. The molecule has 0 aromatic heterocycles. The van der Waals surface area contributed by atoms with E-state index in [9.17, 15) is 4.39 Å². The highest BCUT2D eigenvalue weighted by Gasteiger charge is 2.23. The van der Waals surface area contributed by atoms with Crippen molar-refractivity contribution in [3.63, 3.8) is 0 Å². The van der Waals surface area contributed by atoms with E-state index < -0.39 is 0 Å². The second-order valence-electron chi connectivity index (χ2n) is 4.98. The number of hydrogen-bond donors (Lipinski definition) is 1. The Kier molecular flexibility index (Phi) is 4.03. The van der Waals surface area contributed by atoms with E-state index in [-0.39, 0.29) is 11.9 Å². The maximum atomic E-state index is 13.9. The monoisotopic (exact) mass is 351 g/mol. The Morgan fingerprint density at radius 2 is 2.15 bits per heavy atom. The molecule has 104 valence electrons. The molecule has 20 heavy (non-hydrogen) atoms. The standard InChI is InChI=1S/C16H15BrFNS/c1-10-5-6-15(12(17)9-10)19-14-7-8-20-16-11(14)3-2-4-13(16)18/h2-6,9,14,19H,7-8H2,1H3. The largest absolute Gasteiger partial charge is 0.377 e. The normalized spacial score (nSPS) is 17.6. The molecular formula is C16H15BrFNS. The van der Waals surface area contributed by atoms with Crippen LogP contribution in [0.25, 0.3) is 0 Å². The number of benzene rings is 2. The Labute approximate surface area is 131 Å². The average molecular weight is 352 g/mol. The van der Waals surface area contributed by atoms with Gasteiger partial charge >= 0.3 is 0 Å². The van der Waals surface area contributed by atoms with Crippen LogP contribution in [0.15, 0.2) is 45.8 Å². The lowest BCUT2D eigenvalue weighted by molar-refractivity contribution is 0.585. The Morgan fingerprint density at radius 1 is 1.30 bits per heavy atom. The van der Waals surface area contributed by atoms with Crippen molar-refractivity contribution in [1.29, 1.82) is 0 Å². The lowest BCUT2D eigenvalue weighted by Gasteiger charge is -2.27. The summed E-state index contributed by atoms with van der Waals surface area (Å²) in [6.07, 6.45) is 1.00. The van der Waals surface area contributed by atoms with Gasteiger partial charge in [-0.1, -0.05) is 18.2 Å². The summed E-state index contributed by atoms with van der Waals surface area (Å²) in [7, 11) is 0. The molecule has 2 aromatic rings. The minimum absolute atomic E-state index is 0.109. The molecule has 1 aliphatic heterocycles. The first-order valence-electron chi connectivity index (χ1n) is 6.59. The van der Waals surface area contributed by atoms with Gasteiger partial charge in [0.05, 0.1) is 6.04 Å². The zero-order valence-electron chi connectivity index (χ0n) is 11.1. The summed E-state index contributed by atoms with van der Waals surface area (Å²) >= 11 is 5.20. The van der Waals surface area contributed by atoms with Crippen LogP contribution >= 0.6 is 27.7 Å². The van der Waals surface area contributed by atoms with Gasteiger partial charge in [0.25, 0.3) is 0 Å². The van der Waals surface area contributed by atoms with E-state index in [0.29, 0.717) is 0 Å². The van der Waals surface area contributed by atoms with Gasteiger partial charge in [0.1, 0.15) is 5.82 Å². The number of halogens is 2. The van der Waals surface area contributed by atoms with Crippen LogP contribution in [0, 0.1) is 12.7 Å². The number of nitrogens with one attached hydrogen (secondary N) is 1. The maximum absolute atomic E-state index is 13.9. The molecule has 0 radical (unpaired) electrons. The van der Waals surface area contributed by atoms with Crippen molar-refractivity contribution >= 4 is 33.4 Å². The van der Waals surface area contributed by atoms with Gasteiger partial charge in [0.2, 0.25) is 0 Å². The smallest absolute Gasteiger partial charge is 0.137 e. The second kappa shape index (κ2) is 5.78. The van der Waals surface area contributed by atoms with Gasteiger partial charge in [-0.2, -0.15) is 0 Å². The third kappa shape index (κ3) is 2.72. The highest BCUT2D eigenvalue weighted by molar-refractivity contribution is 9.10. The van der Waals surface area contributed by atoms with E-state index in [1.165, 1.54) is 11.6 Å². The Hall–Kier alpha value is -1.000. The van der Waals surface area contributed by atoms with Gasteiger partial charge in [0, 0.05) is 20.8 Å².